The standard InChI is InChI=1S/C36H46F3N5O3SSi/c1-9-46-34(45)33-27-12-10-25-21-40-35(42-32(25)31(27)30(48-33)14-19-49(22(2)3,23(4)5)24(6)7)41-28-20-26(44-17-15-43(8)16-18-44)11-13-29(28)47-36(37,38)39/h11,13,20-24H,9-10,12,15-18H2,1-8H3,(H,40,41,42). The Balaban J connectivity index is 1.61. The Bertz CT molecular complexity index is 1720. The van der Waals surface area contributed by atoms with Crippen molar-refractivity contribution < 1.29 is 27.4 Å². The number of esters is 1. The number of nitrogens with zero attached hydrogens (tertiary/aromatic N) is 4. The maximum absolute atomic E-state index is 13.5. The number of carbonyl (C=O) groups excluding carboxylic acids is 1. The minimum absolute atomic E-state index is 0.101. The lowest BCUT2D eigenvalue weighted by Gasteiger charge is -2.38. The van der Waals surface area contributed by atoms with E-state index in [9.17, 15) is 18.0 Å². The summed E-state index contributed by atoms with van der Waals surface area (Å²) in [6.45, 7) is 18.7. The summed E-state index contributed by atoms with van der Waals surface area (Å²) in [6.07, 6.45) is -1.98. The van der Waals surface area contributed by atoms with Gasteiger partial charge in [-0.05, 0) is 72.8 Å². The van der Waals surface area contributed by atoms with Crippen molar-refractivity contribution >= 4 is 42.7 Å². The van der Waals surface area contributed by atoms with Crippen LogP contribution in [0, 0.1) is 11.5 Å². The predicted octanol–water partition coefficient (Wildman–Crippen LogP) is 8.44. The van der Waals surface area contributed by atoms with Crippen LogP contribution in [-0.4, -0.2) is 75.1 Å². The number of nitrogens with one attached hydrogen (secondary N) is 1. The molecule has 1 aromatic carbocycles. The summed E-state index contributed by atoms with van der Waals surface area (Å²) in [6, 6.07) is 4.61. The molecule has 1 saturated heterocycles. The van der Waals surface area contributed by atoms with Crippen molar-refractivity contribution in [3.8, 4) is 28.5 Å². The highest BCUT2D eigenvalue weighted by molar-refractivity contribution is 7.15. The molecule has 0 bridgehead atoms. The number of alkyl halides is 3. The highest BCUT2D eigenvalue weighted by Gasteiger charge is 2.42. The van der Waals surface area contributed by atoms with E-state index in [2.05, 4.69) is 77.8 Å². The summed E-state index contributed by atoms with van der Waals surface area (Å²) in [5, 5.41) is 3.03. The summed E-state index contributed by atoms with van der Waals surface area (Å²) < 4.78 is 50.3. The van der Waals surface area contributed by atoms with Gasteiger partial charge < -0.3 is 24.6 Å². The van der Waals surface area contributed by atoms with Gasteiger partial charge in [0, 0.05) is 43.6 Å². The molecule has 1 fully saturated rings. The Hall–Kier alpha value is -3.60. The summed E-state index contributed by atoms with van der Waals surface area (Å²) in [7, 11) is -0.0776. The minimum atomic E-state index is -4.88. The lowest BCUT2D eigenvalue weighted by molar-refractivity contribution is -0.274. The molecule has 2 aromatic heterocycles. The smallest absolute Gasteiger partial charge is 0.462 e. The van der Waals surface area contributed by atoms with Crippen molar-refractivity contribution in [1.82, 2.24) is 14.9 Å². The fraction of sp³-hybridized carbons (Fsp3) is 0.528. The molecule has 0 atom stereocenters. The van der Waals surface area contributed by atoms with Crippen LogP contribution in [-0.2, 0) is 17.6 Å². The molecule has 0 amide bonds. The molecule has 1 aliphatic heterocycles. The zero-order chi connectivity index (χ0) is 35.7. The van der Waals surface area contributed by atoms with Crippen LogP contribution < -0.4 is 15.0 Å². The van der Waals surface area contributed by atoms with Gasteiger partial charge in [-0.1, -0.05) is 47.5 Å². The van der Waals surface area contributed by atoms with Crippen molar-refractivity contribution in [3.63, 3.8) is 0 Å². The summed E-state index contributed by atoms with van der Waals surface area (Å²) in [4.78, 5) is 28.2. The maximum Gasteiger partial charge on any atom is 0.573 e. The molecule has 49 heavy (non-hydrogen) atoms. The van der Waals surface area contributed by atoms with Gasteiger partial charge in [-0.2, -0.15) is 0 Å². The second kappa shape index (κ2) is 14.7. The zero-order valence-electron chi connectivity index (χ0n) is 29.5. The maximum atomic E-state index is 13.5. The number of thiophene rings is 1. The van der Waals surface area contributed by atoms with Gasteiger partial charge in [-0.3, -0.25) is 0 Å². The Morgan fingerprint density at radius 1 is 1.06 bits per heavy atom. The van der Waals surface area contributed by atoms with Crippen LogP contribution in [0.15, 0.2) is 24.4 Å². The lowest BCUT2D eigenvalue weighted by Crippen LogP contribution is -2.44. The number of piperazine rings is 1. The Kier molecular flexibility index (Phi) is 11.0. The first kappa shape index (κ1) is 36.7. The molecule has 5 rings (SSSR count). The largest absolute Gasteiger partial charge is 0.573 e. The Morgan fingerprint density at radius 3 is 2.35 bits per heavy atom. The number of aryl methyl sites for hydroxylation is 1. The highest BCUT2D eigenvalue weighted by Crippen LogP contribution is 2.44. The van der Waals surface area contributed by atoms with E-state index in [1.165, 1.54) is 17.4 Å². The number of hydrogen-bond acceptors (Lipinski definition) is 9. The van der Waals surface area contributed by atoms with E-state index in [4.69, 9.17) is 9.72 Å². The van der Waals surface area contributed by atoms with Crippen LogP contribution in [0.4, 0.5) is 30.5 Å². The second-order valence-electron chi connectivity index (χ2n) is 13.7. The summed E-state index contributed by atoms with van der Waals surface area (Å²) in [5.74, 6) is 2.91. The van der Waals surface area contributed by atoms with Crippen LogP contribution in [0.25, 0.3) is 11.3 Å². The van der Waals surface area contributed by atoms with E-state index in [-0.39, 0.29) is 30.0 Å². The predicted molar refractivity (Wildman–Crippen MR) is 193 cm³/mol. The topological polar surface area (TPSA) is 79.8 Å². The molecule has 8 nitrogen and oxygen atoms in total. The first-order valence-electron chi connectivity index (χ1n) is 17.0. The van der Waals surface area contributed by atoms with Crippen molar-refractivity contribution in [2.45, 2.75) is 84.3 Å². The molecular weight excluding hydrogens is 668 g/mol. The monoisotopic (exact) mass is 713 g/mol. The molecule has 1 aliphatic carbocycles. The fourth-order valence-corrected chi connectivity index (χ4v) is 13.7. The first-order valence-corrected chi connectivity index (χ1v) is 20.0. The van der Waals surface area contributed by atoms with E-state index in [0.29, 0.717) is 40.0 Å². The number of hydrogen-bond donors (Lipinski definition) is 1. The van der Waals surface area contributed by atoms with Gasteiger partial charge in [0.15, 0.2) is 5.75 Å². The minimum Gasteiger partial charge on any atom is -0.462 e. The summed E-state index contributed by atoms with van der Waals surface area (Å²) >= 11 is 1.34. The molecule has 13 heteroatoms. The van der Waals surface area contributed by atoms with Crippen LogP contribution in [0.5, 0.6) is 5.75 Å². The van der Waals surface area contributed by atoms with Crippen LogP contribution in [0.3, 0.4) is 0 Å². The van der Waals surface area contributed by atoms with Crippen LogP contribution >= 0.6 is 11.3 Å². The van der Waals surface area contributed by atoms with Gasteiger partial charge in [0.25, 0.3) is 0 Å². The number of likely N-dealkylation sites (N-methyl/N-ethyl adjacent to an activating group) is 1. The number of aromatic nitrogens is 2. The lowest BCUT2D eigenvalue weighted by atomic mass is 9.90. The third kappa shape index (κ3) is 7.76. The average molecular weight is 714 g/mol. The SMILES string of the molecule is CCOC(=O)c1sc(C#C[Si](C(C)C)(C(C)C)C(C)C)c2c1CCc1cnc(Nc3cc(N4CCN(C)CC4)ccc3OC(F)(F)F)nc1-2. The van der Waals surface area contributed by atoms with Crippen molar-refractivity contribution in [1.29, 1.82) is 0 Å². The van der Waals surface area contributed by atoms with E-state index in [1.54, 1.807) is 25.3 Å². The van der Waals surface area contributed by atoms with E-state index in [0.717, 1.165) is 53.4 Å². The van der Waals surface area contributed by atoms with Crippen molar-refractivity contribution in [2.75, 3.05) is 50.1 Å². The number of halogens is 3. The number of ether oxygens (including phenoxy) is 2. The molecule has 0 unspecified atom stereocenters. The van der Waals surface area contributed by atoms with Crippen LogP contribution in [0.2, 0.25) is 16.6 Å². The normalized spacial score (nSPS) is 15.2. The third-order valence-corrected chi connectivity index (χ3v) is 17.2. The van der Waals surface area contributed by atoms with E-state index < -0.39 is 14.4 Å². The molecule has 3 aromatic rings. The summed E-state index contributed by atoms with van der Waals surface area (Å²) in [5.41, 5.74) is 9.04. The second-order valence-corrected chi connectivity index (χ2v) is 20.3. The molecule has 2 aliphatic rings. The van der Waals surface area contributed by atoms with Gasteiger partial charge in [0.1, 0.15) is 13.0 Å². The Labute approximate surface area is 292 Å². The molecule has 1 N–H and O–H groups in total. The number of benzene rings is 1. The van der Waals surface area contributed by atoms with Gasteiger partial charge in [-0.15, -0.1) is 30.1 Å². The van der Waals surface area contributed by atoms with E-state index >= 15 is 0 Å². The number of fused-ring (bicyclic) bond motifs is 3. The first-order chi connectivity index (χ1) is 23.1. The molecule has 3 heterocycles. The van der Waals surface area contributed by atoms with E-state index in [1.807, 2.05) is 7.05 Å². The third-order valence-electron chi connectivity index (χ3n) is 9.78. The zero-order valence-corrected chi connectivity index (χ0v) is 31.4. The van der Waals surface area contributed by atoms with Crippen LogP contribution in [0.1, 0.15) is 74.1 Å². The van der Waals surface area contributed by atoms with Gasteiger partial charge in [0.2, 0.25) is 5.95 Å². The molecule has 0 saturated carbocycles. The molecule has 264 valence electrons. The fourth-order valence-electron chi connectivity index (χ4n) is 7.34. The average Bonchev–Trinajstić information content (AvgIpc) is 3.41. The number of carbonyl (C=O) groups is 1. The highest BCUT2D eigenvalue weighted by atomic mass is 32.1. The van der Waals surface area contributed by atoms with Gasteiger partial charge >= 0.3 is 12.3 Å². The molecular formula is C36H46F3N5O3SSi. The molecule has 0 spiro atoms. The Morgan fingerprint density at radius 2 is 1.73 bits per heavy atom. The van der Waals surface area contributed by atoms with Gasteiger partial charge in [-0.25, -0.2) is 14.8 Å². The number of rotatable bonds is 9. The van der Waals surface area contributed by atoms with Gasteiger partial charge in [0.05, 0.1) is 22.9 Å². The van der Waals surface area contributed by atoms with Crippen molar-refractivity contribution in [3.05, 3.63) is 45.3 Å². The molecule has 0 radical (unpaired) electrons. The quantitative estimate of drug-likeness (QED) is 0.135. The number of anilines is 3. The van der Waals surface area contributed by atoms with Crippen molar-refractivity contribution in [2.24, 2.45) is 0 Å².